The van der Waals surface area contributed by atoms with Crippen molar-refractivity contribution in [3.63, 3.8) is 0 Å². The average molecular weight is 339 g/mol. The lowest BCUT2D eigenvalue weighted by atomic mass is 10.2. The van der Waals surface area contributed by atoms with Crippen LogP contribution < -0.4 is 9.46 Å². The highest BCUT2D eigenvalue weighted by atomic mass is 32.2. The maximum absolute atomic E-state index is 12.3. The predicted molar refractivity (Wildman–Crippen MR) is 85.0 cm³/mol. The monoisotopic (exact) mass is 339 g/mol. The predicted octanol–water partition coefficient (Wildman–Crippen LogP) is 2.03. The van der Waals surface area contributed by atoms with Gasteiger partial charge in [-0.05, 0) is 30.7 Å². The number of methoxy groups -OCH3 is 1. The van der Waals surface area contributed by atoms with E-state index in [4.69, 9.17) is 9.15 Å². The van der Waals surface area contributed by atoms with Gasteiger partial charge in [0, 0.05) is 18.9 Å². The van der Waals surface area contributed by atoms with Gasteiger partial charge in [0.2, 0.25) is 21.8 Å². The van der Waals surface area contributed by atoms with E-state index in [0.29, 0.717) is 24.0 Å². The van der Waals surface area contributed by atoms with Gasteiger partial charge in [-0.15, -0.1) is 10.2 Å². The van der Waals surface area contributed by atoms with Crippen molar-refractivity contribution < 1.29 is 17.6 Å². The van der Waals surface area contributed by atoms with Crippen LogP contribution in [0.1, 0.15) is 37.1 Å². The molecule has 23 heavy (non-hydrogen) atoms. The number of aromatic nitrogens is 2. The number of nitrogens with one attached hydrogen (secondary N) is 1. The average Bonchev–Trinajstić information content (AvgIpc) is 2.96. The molecule has 1 aromatic heterocycles. The molecule has 126 valence electrons. The Kier molecular flexibility index (Phi) is 5.38. The summed E-state index contributed by atoms with van der Waals surface area (Å²) in [6.45, 7) is 5.88. The van der Waals surface area contributed by atoms with Crippen LogP contribution in [0.2, 0.25) is 0 Å². The van der Waals surface area contributed by atoms with Gasteiger partial charge in [-0.25, -0.2) is 13.1 Å². The molecule has 0 saturated carbocycles. The number of benzene rings is 1. The Morgan fingerprint density at radius 2 is 2.04 bits per heavy atom. The van der Waals surface area contributed by atoms with E-state index in [1.165, 1.54) is 6.07 Å². The van der Waals surface area contributed by atoms with Crippen LogP contribution in [0.3, 0.4) is 0 Å². The van der Waals surface area contributed by atoms with Gasteiger partial charge in [0.05, 0.1) is 12.0 Å². The van der Waals surface area contributed by atoms with Gasteiger partial charge >= 0.3 is 0 Å². The molecule has 0 saturated heterocycles. The minimum Gasteiger partial charge on any atom is -0.496 e. The first-order valence-corrected chi connectivity index (χ1v) is 8.78. The molecule has 0 radical (unpaired) electrons. The zero-order valence-electron chi connectivity index (χ0n) is 13.7. The molecule has 7 nitrogen and oxygen atoms in total. The molecule has 0 atom stereocenters. The van der Waals surface area contributed by atoms with Crippen molar-refractivity contribution in [3.8, 4) is 5.75 Å². The second-order valence-corrected chi connectivity index (χ2v) is 7.23. The highest BCUT2D eigenvalue weighted by molar-refractivity contribution is 7.89. The maximum atomic E-state index is 12.3. The van der Waals surface area contributed by atoms with Crippen molar-refractivity contribution >= 4 is 10.0 Å². The van der Waals surface area contributed by atoms with Gasteiger partial charge in [0.25, 0.3) is 0 Å². The topological polar surface area (TPSA) is 94.3 Å². The number of ether oxygens (including phenoxy) is 1. The lowest BCUT2D eigenvalue weighted by molar-refractivity contribution is 0.411. The Bertz CT molecular complexity index is 769. The molecule has 0 unspecified atom stereocenters. The number of hydrogen-bond acceptors (Lipinski definition) is 6. The van der Waals surface area contributed by atoms with E-state index in [0.717, 1.165) is 5.56 Å². The summed E-state index contributed by atoms with van der Waals surface area (Å²) < 4.78 is 37.6. The van der Waals surface area contributed by atoms with Crippen LogP contribution in [-0.2, 0) is 16.4 Å². The third-order valence-electron chi connectivity index (χ3n) is 3.28. The first-order valence-electron chi connectivity index (χ1n) is 7.30. The Morgan fingerprint density at radius 1 is 1.30 bits per heavy atom. The van der Waals surface area contributed by atoms with Gasteiger partial charge in [0.15, 0.2) is 0 Å². The number of rotatable bonds is 7. The van der Waals surface area contributed by atoms with Crippen molar-refractivity contribution in [2.75, 3.05) is 13.7 Å². The van der Waals surface area contributed by atoms with Gasteiger partial charge in [-0.3, -0.25) is 0 Å². The molecule has 2 aromatic rings. The largest absolute Gasteiger partial charge is 0.496 e. The second-order valence-electron chi connectivity index (χ2n) is 5.47. The molecule has 0 aliphatic rings. The van der Waals surface area contributed by atoms with Crippen LogP contribution in [0.5, 0.6) is 5.75 Å². The Morgan fingerprint density at radius 3 is 2.61 bits per heavy atom. The van der Waals surface area contributed by atoms with Crippen molar-refractivity contribution in [1.29, 1.82) is 0 Å². The van der Waals surface area contributed by atoms with Crippen molar-refractivity contribution in [1.82, 2.24) is 14.9 Å². The molecule has 0 fully saturated rings. The Hall–Kier alpha value is -1.93. The van der Waals surface area contributed by atoms with E-state index < -0.39 is 10.0 Å². The van der Waals surface area contributed by atoms with E-state index in [1.807, 2.05) is 13.8 Å². The van der Waals surface area contributed by atoms with Crippen LogP contribution >= 0.6 is 0 Å². The second kappa shape index (κ2) is 7.10. The molecule has 0 bridgehead atoms. The SMILES string of the molecule is COc1ccc(S(=O)(=O)NCCc2nnc(C(C)C)o2)cc1C. The number of hydrogen-bond donors (Lipinski definition) is 1. The minimum atomic E-state index is -3.58. The van der Waals surface area contributed by atoms with Gasteiger partial charge in [-0.2, -0.15) is 0 Å². The van der Waals surface area contributed by atoms with Crippen LogP contribution in [0.15, 0.2) is 27.5 Å². The van der Waals surface area contributed by atoms with E-state index in [2.05, 4.69) is 14.9 Å². The highest BCUT2D eigenvalue weighted by Gasteiger charge is 2.16. The van der Waals surface area contributed by atoms with E-state index >= 15 is 0 Å². The third-order valence-corrected chi connectivity index (χ3v) is 4.74. The van der Waals surface area contributed by atoms with Crippen LogP contribution in [0, 0.1) is 6.92 Å². The summed E-state index contributed by atoms with van der Waals surface area (Å²) in [4.78, 5) is 0.198. The fraction of sp³-hybridized carbons (Fsp3) is 0.467. The number of aryl methyl sites for hydroxylation is 1. The van der Waals surface area contributed by atoms with Crippen molar-refractivity contribution in [3.05, 3.63) is 35.5 Å². The quantitative estimate of drug-likeness (QED) is 0.829. The first kappa shape index (κ1) is 17.4. The summed E-state index contributed by atoms with van der Waals surface area (Å²) in [5.74, 6) is 1.77. The van der Waals surface area contributed by atoms with Crippen molar-refractivity contribution in [2.45, 2.75) is 38.0 Å². The standard InChI is InChI=1S/C15H21N3O4S/c1-10(2)15-18-17-14(22-15)7-8-16-23(19,20)12-5-6-13(21-4)11(3)9-12/h5-6,9-10,16H,7-8H2,1-4H3. The molecule has 0 spiro atoms. The molecule has 2 rings (SSSR count). The molecule has 1 N–H and O–H groups in total. The van der Waals surface area contributed by atoms with Crippen LogP contribution in [0.4, 0.5) is 0 Å². The van der Waals surface area contributed by atoms with E-state index in [9.17, 15) is 8.42 Å². The fourth-order valence-electron chi connectivity index (χ4n) is 1.99. The molecule has 8 heteroatoms. The Labute approximate surface area is 136 Å². The molecule has 0 amide bonds. The van der Waals surface area contributed by atoms with Gasteiger partial charge in [-0.1, -0.05) is 13.8 Å². The van der Waals surface area contributed by atoms with Crippen LogP contribution in [-0.4, -0.2) is 32.3 Å². The summed E-state index contributed by atoms with van der Waals surface area (Å²) in [7, 11) is -2.04. The maximum Gasteiger partial charge on any atom is 0.240 e. The normalized spacial score (nSPS) is 11.9. The first-order chi connectivity index (χ1) is 10.8. The van der Waals surface area contributed by atoms with Crippen molar-refractivity contribution in [2.24, 2.45) is 0 Å². The third kappa shape index (κ3) is 4.29. The zero-order valence-corrected chi connectivity index (χ0v) is 14.5. The molecule has 0 aliphatic carbocycles. The summed E-state index contributed by atoms with van der Waals surface area (Å²) in [6.07, 6.45) is 0.341. The molecule has 0 aliphatic heterocycles. The summed E-state index contributed by atoms with van der Waals surface area (Å²) in [5.41, 5.74) is 0.758. The lowest BCUT2D eigenvalue weighted by Crippen LogP contribution is -2.26. The molecule has 1 aromatic carbocycles. The van der Waals surface area contributed by atoms with E-state index in [1.54, 1.807) is 26.2 Å². The van der Waals surface area contributed by atoms with Crippen LogP contribution in [0.25, 0.3) is 0 Å². The molecular weight excluding hydrogens is 318 g/mol. The van der Waals surface area contributed by atoms with Gasteiger partial charge < -0.3 is 9.15 Å². The summed E-state index contributed by atoms with van der Waals surface area (Å²) in [5, 5.41) is 7.81. The fourth-order valence-corrected chi connectivity index (χ4v) is 3.11. The highest BCUT2D eigenvalue weighted by Crippen LogP contribution is 2.21. The summed E-state index contributed by atoms with van der Waals surface area (Å²) >= 11 is 0. The van der Waals surface area contributed by atoms with Gasteiger partial charge in [0.1, 0.15) is 5.75 Å². The summed E-state index contributed by atoms with van der Waals surface area (Å²) in [6, 6.07) is 4.72. The Balaban J connectivity index is 1.99. The van der Waals surface area contributed by atoms with E-state index in [-0.39, 0.29) is 17.4 Å². The minimum absolute atomic E-state index is 0.148. The number of sulfonamides is 1. The zero-order chi connectivity index (χ0) is 17.0. The number of nitrogens with zero attached hydrogens (tertiary/aromatic N) is 2. The lowest BCUT2D eigenvalue weighted by Gasteiger charge is -2.09. The smallest absolute Gasteiger partial charge is 0.240 e. The molecular formula is C15H21N3O4S. The molecule has 1 heterocycles.